The second-order valence-electron chi connectivity index (χ2n) is 7.60. The molecule has 0 spiro atoms. The molecule has 0 bridgehead atoms. The number of nitrogens with one attached hydrogen (secondary N) is 1. The van der Waals surface area contributed by atoms with Crippen molar-refractivity contribution in [3.05, 3.63) is 82.9 Å². The molecule has 6 nitrogen and oxygen atoms in total. The van der Waals surface area contributed by atoms with Crippen LogP contribution in [0, 0.1) is 0 Å². The maximum absolute atomic E-state index is 12.9. The fourth-order valence-electron chi connectivity index (χ4n) is 3.97. The van der Waals surface area contributed by atoms with Gasteiger partial charge in [0.05, 0.1) is 6.61 Å². The zero-order valence-electron chi connectivity index (χ0n) is 17.4. The van der Waals surface area contributed by atoms with E-state index in [1.165, 1.54) is 4.90 Å². The number of methoxy groups -OCH3 is 1. The largest absolute Gasteiger partial charge is 0.380 e. The summed E-state index contributed by atoms with van der Waals surface area (Å²) in [6.45, 7) is 1.16. The third kappa shape index (κ3) is 4.34. The number of carbonyl (C=O) groups excluding carboxylic acids is 3. The first-order chi connectivity index (χ1) is 15.1. The lowest BCUT2D eigenvalue weighted by Gasteiger charge is -2.27. The zero-order chi connectivity index (χ0) is 21.8. The fourth-order valence-corrected chi connectivity index (χ4v) is 3.97. The first kappa shape index (κ1) is 20.8. The molecule has 0 fully saturated rings. The molecule has 0 saturated heterocycles. The van der Waals surface area contributed by atoms with Crippen LogP contribution < -0.4 is 5.32 Å². The Labute approximate surface area is 180 Å². The average molecular weight is 416 g/mol. The van der Waals surface area contributed by atoms with Crippen molar-refractivity contribution in [1.82, 2.24) is 10.2 Å². The molecule has 1 N–H and O–H groups in total. The van der Waals surface area contributed by atoms with Crippen LogP contribution in [0.4, 0.5) is 0 Å². The van der Waals surface area contributed by atoms with E-state index in [0.717, 1.165) is 16.5 Å². The fraction of sp³-hybridized carbons (Fsp3) is 0.240. The average Bonchev–Trinajstić information content (AvgIpc) is 2.78. The molecular formula is C25H24N2O4. The molecule has 3 amide bonds. The predicted octanol–water partition coefficient (Wildman–Crippen LogP) is 3.68. The van der Waals surface area contributed by atoms with E-state index in [0.29, 0.717) is 36.1 Å². The summed E-state index contributed by atoms with van der Waals surface area (Å²) >= 11 is 0. The summed E-state index contributed by atoms with van der Waals surface area (Å²) in [6.07, 6.45) is 0.645. The van der Waals surface area contributed by atoms with Crippen molar-refractivity contribution < 1.29 is 19.1 Å². The third-order valence-electron chi connectivity index (χ3n) is 5.43. The van der Waals surface area contributed by atoms with Crippen LogP contribution in [0.2, 0.25) is 0 Å². The Morgan fingerprint density at radius 1 is 0.935 bits per heavy atom. The Balaban J connectivity index is 1.34. The number of nitrogens with zero attached hydrogens (tertiary/aromatic N) is 1. The number of rotatable bonds is 8. The van der Waals surface area contributed by atoms with Crippen LogP contribution in [-0.2, 0) is 22.7 Å². The van der Waals surface area contributed by atoms with E-state index >= 15 is 0 Å². The minimum absolute atomic E-state index is 0.114. The molecular weight excluding hydrogens is 392 g/mol. The minimum Gasteiger partial charge on any atom is -0.380 e. The lowest BCUT2D eigenvalue weighted by atomic mass is 9.94. The van der Waals surface area contributed by atoms with E-state index < -0.39 is 0 Å². The summed E-state index contributed by atoms with van der Waals surface area (Å²) in [6, 6.07) is 18.8. The highest BCUT2D eigenvalue weighted by Gasteiger charge is 2.32. The van der Waals surface area contributed by atoms with Crippen LogP contribution in [0.25, 0.3) is 10.8 Å². The Morgan fingerprint density at radius 2 is 1.58 bits per heavy atom. The zero-order valence-corrected chi connectivity index (χ0v) is 17.4. The van der Waals surface area contributed by atoms with Gasteiger partial charge in [0.25, 0.3) is 11.8 Å². The van der Waals surface area contributed by atoms with Gasteiger partial charge in [-0.15, -0.1) is 0 Å². The summed E-state index contributed by atoms with van der Waals surface area (Å²) in [5, 5.41) is 4.48. The van der Waals surface area contributed by atoms with Gasteiger partial charge in [-0.1, -0.05) is 48.5 Å². The lowest BCUT2D eigenvalue weighted by Crippen LogP contribution is -2.41. The van der Waals surface area contributed by atoms with E-state index in [9.17, 15) is 14.4 Å². The smallest absolute Gasteiger partial charge is 0.261 e. The van der Waals surface area contributed by atoms with Gasteiger partial charge in [-0.3, -0.25) is 19.3 Å². The van der Waals surface area contributed by atoms with Gasteiger partial charge < -0.3 is 10.1 Å². The summed E-state index contributed by atoms with van der Waals surface area (Å²) in [5.74, 6) is -0.717. The highest BCUT2D eigenvalue weighted by Crippen LogP contribution is 2.30. The van der Waals surface area contributed by atoms with Gasteiger partial charge in [0.1, 0.15) is 0 Å². The maximum Gasteiger partial charge on any atom is 0.261 e. The SMILES string of the molecule is COCc1cccc(CNC(=O)CCCN2C(=O)c3cccc4cccc(c34)C2=O)c1. The molecule has 1 aliphatic heterocycles. The van der Waals surface area contributed by atoms with Crippen LogP contribution >= 0.6 is 0 Å². The van der Waals surface area contributed by atoms with Crippen LogP contribution in [-0.4, -0.2) is 36.3 Å². The Kier molecular flexibility index (Phi) is 6.09. The maximum atomic E-state index is 12.9. The summed E-state index contributed by atoms with van der Waals surface area (Å²) in [5.41, 5.74) is 3.11. The first-order valence-corrected chi connectivity index (χ1v) is 10.3. The monoisotopic (exact) mass is 416 g/mol. The summed E-state index contributed by atoms with van der Waals surface area (Å²) < 4.78 is 5.13. The number of amides is 3. The molecule has 3 aromatic carbocycles. The number of ether oxygens (including phenoxy) is 1. The van der Waals surface area contributed by atoms with Crippen LogP contribution in [0.5, 0.6) is 0 Å². The van der Waals surface area contributed by atoms with E-state index in [2.05, 4.69) is 5.32 Å². The minimum atomic E-state index is -0.301. The van der Waals surface area contributed by atoms with Crippen molar-refractivity contribution in [2.75, 3.05) is 13.7 Å². The molecule has 4 rings (SSSR count). The van der Waals surface area contributed by atoms with Crippen molar-refractivity contribution >= 4 is 28.5 Å². The number of carbonyl (C=O) groups is 3. The Morgan fingerprint density at radius 3 is 2.26 bits per heavy atom. The molecule has 1 heterocycles. The van der Waals surface area contributed by atoms with Crippen LogP contribution in [0.3, 0.4) is 0 Å². The second kappa shape index (κ2) is 9.10. The molecule has 31 heavy (non-hydrogen) atoms. The van der Waals surface area contributed by atoms with E-state index in [1.54, 1.807) is 19.2 Å². The molecule has 158 valence electrons. The molecule has 6 heteroatoms. The van der Waals surface area contributed by atoms with E-state index in [-0.39, 0.29) is 30.7 Å². The van der Waals surface area contributed by atoms with E-state index in [4.69, 9.17) is 4.74 Å². The standard InChI is InChI=1S/C25H24N2O4/c1-31-16-18-7-2-6-17(14-18)15-26-22(28)12-5-13-27-24(29)20-10-3-8-19-9-4-11-21(23(19)20)25(27)30/h2-4,6-11,14H,5,12-13,15-16H2,1H3,(H,26,28). The van der Waals surface area contributed by atoms with Crippen LogP contribution in [0.1, 0.15) is 44.7 Å². The number of imide groups is 1. The third-order valence-corrected chi connectivity index (χ3v) is 5.43. The molecule has 0 unspecified atom stereocenters. The Bertz CT molecular complexity index is 1100. The molecule has 1 aliphatic rings. The highest BCUT2D eigenvalue weighted by atomic mass is 16.5. The molecule has 0 atom stereocenters. The van der Waals surface area contributed by atoms with Crippen molar-refractivity contribution in [3.63, 3.8) is 0 Å². The summed E-state index contributed by atoms with van der Waals surface area (Å²) in [7, 11) is 1.64. The number of benzene rings is 3. The van der Waals surface area contributed by atoms with Gasteiger partial charge in [0.15, 0.2) is 0 Å². The topological polar surface area (TPSA) is 75.7 Å². The molecule has 0 radical (unpaired) electrons. The molecule has 0 aromatic heterocycles. The van der Waals surface area contributed by atoms with Gasteiger partial charge >= 0.3 is 0 Å². The van der Waals surface area contributed by atoms with Gasteiger partial charge in [0.2, 0.25) is 5.91 Å². The van der Waals surface area contributed by atoms with Crippen molar-refractivity contribution in [1.29, 1.82) is 0 Å². The van der Waals surface area contributed by atoms with Crippen LogP contribution in [0.15, 0.2) is 60.7 Å². The molecule has 0 saturated carbocycles. The molecule has 3 aromatic rings. The Hall–Kier alpha value is -3.51. The summed E-state index contributed by atoms with van der Waals surface area (Å²) in [4.78, 5) is 39.3. The molecule has 0 aliphatic carbocycles. The van der Waals surface area contributed by atoms with Crippen molar-refractivity contribution in [3.8, 4) is 0 Å². The number of hydrogen-bond acceptors (Lipinski definition) is 4. The quantitative estimate of drug-likeness (QED) is 0.569. The second-order valence-corrected chi connectivity index (χ2v) is 7.60. The van der Waals surface area contributed by atoms with Crippen molar-refractivity contribution in [2.24, 2.45) is 0 Å². The lowest BCUT2D eigenvalue weighted by molar-refractivity contribution is -0.121. The van der Waals surface area contributed by atoms with Gasteiger partial charge in [-0.25, -0.2) is 0 Å². The first-order valence-electron chi connectivity index (χ1n) is 10.3. The predicted molar refractivity (Wildman–Crippen MR) is 118 cm³/mol. The van der Waals surface area contributed by atoms with Gasteiger partial charge in [-0.2, -0.15) is 0 Å². The van der Waals surface area contributed by atoms with Gasteiger partial charge in [0, 0.05) is 43.1 Å². The van der Waals surface area contributed by atoms with Gasteiger partial charge in [-0.05, 0) is 35.1 Å². The van der Waals surface area contributed by atoms with Crippen molar-refractivity contribution in [2.45, 2.75) is 26.0 Å². The normalized spacial score (nSPS) is 13.0. The van der Waals surface area contributed by atoms with E-state index in [1.807, 2.05) is 48.5 Å². The number of hydrogen-bond donors (Lipinski definition) is 1. The highest BCUT2D eigenvalue weighted by molar-refractivity contribution is 6.25.